The van der Waals surface area contributed by atoms with Crippen molar-refractivity contribution in [1.29, 1.82) is 0 Å². The van der Waals surface area contributed by atoms with E-state index in [2.05, 4.69) is 36.2 Å². The Morgan fingerprint density at radius 2 is 2.15 bits per heavy atom. The van der Waals surface area contributed by atoms with Gasteiger partial charge in [0.2, 0.25) is 0 Å². The van der Waals surface area contributed by atoms with Crippen molar-refractivity contribution in [3.63, 3.8) is 0 Å². The standard InChI is InChI=1S/C17H23N7O2S/c1-2-11-8-12(22-27(25,26)23-6-3-7-23)9-13(11)17-21-20-15-10-19-16-14(24(15)17)4-5-18-16/h4-5,10-13,18,22H,2-3,6-9H2,1H3/t11-,12+,13?/m1/s1. The van der Waals surface area contributed by atoms with Crippen molar-refractivity contribution in [2.75, 3.05) is 13.1 Å². The van der Waals surface area contributed by atoms with Crippen molar-refractivity contribution in [2.24, 2.45) is 5.92 Å². The van der Waals surface area contributed by atoms with Gasteiger partial charge in [0.1, 0.15) is 5.82 Å². The van der Waals surface area contributed by atoms with E-state index in [-0.39, 0.29) is 12.0 Å². The van der Waals surface area contributed by atoms with Crippen LogP contribution < -0.4 is 4.72 Å². The lowest BCUT2D eigenvalue weighted by atomic mass is 9.93. The minimum Gasteiger partial charge on any atom is -0.345 e. The molecule has 144 valence electrons. The zero-order valence-corrected chi connectivity index (χ0v) is 16.0. The van der Waals surface area contributed by atoms with Gasteiger partial charge in [0.15, 0.2) is 11.3 Å². The van der Waals surface area contributed by atoms with Gasteiger partial charge in [-0.3, -0.25) is 4.40 Å². The first-order valence-corrected chi connectivity index (χ1v) is 11.0. The maximum atomic E-state index is 12.5. The van der Waals surface area contributed by atoms with E-state index in [9.17, 15) is 8.42 Å². The Kier molecular flexibility index (Phi) is 3.95. The summed E-state index contributed by atoms with van der Waals surface area (Å²) in [6.07, 6.45) is 7.05. The fourth-order valence-electron chi connectivity index (χ4n) is 4.44. The number of hydrogen-bond donors (Lipinski definition) is 2. The van der Waals surface area contributed by atoms with Crippen LogP contribution in [-0.4, -0.2) is 56.4 Å². The first-order valence-electron chi connectivity index (χ1n) is 9.51. The molecule has 27 heavy (non-hydrogen) atoms. The van der Waals surface area contributed by atoms with Crippen LogP contribution >= 0.6 is 0 Å². The van der Waals surface area contributed by atoms with Crippen molar-refractivity contribution < 1.29 is 8.42 Å². The number of hydrogen-bond acceptors (Lipinski definition) is 5. The minimum atomic E-state index is -3.37. The third kappa shape index (κ3) is 2.74. The Morgan fingerprint density at radius 3 is 2.89 bits per heavy atom. The van der Waals surface area contributed by atoms with Gasteiger partial charge in [-0.05, 0) is 31.2 Å². The molecule has 0 aromatic carbocycles. The van der Waals surface area contributed by atoms with Crippen LogP contribution in [0.4, 0.5) is 0 Å². The molecule has 2 aliphatic rings. The molecule has 2 fully saturated rings. The van der Waals surface area contributed by atoms with E-state index in [0.717, 1.165) is 48.3 Å². The van der Waals surface area contributed by atoms with Crippen LogP contribution in [0.25, 0.3) is 16.8 Å². The van der Waals surface area contributed by atoms with Gasteiger partial charge in [0.25, 0.3) is 10.2 Å². The Balaban J connectivity index is 1.47. The second-order valence-electron chi connectivity index (χ2n) is 7.54. The number of H-pyrrole nitrogens is 1. The van der Waals surface area contributed by atoms with Crippen molar-refractivity contribution in [3.8, 4) is 0 Å². The molecule has 3 atom stereocenters. The molecule has 1 unspecified atom stereocenters. The first kappa shape index (κ1) is 17.1. The molecule has 5 rings (SSSR count). The summed E-state index contributed by atoms with van der Waals surface area (Å²) in [6.45, 7) is 3.40. The van der Waals surface area contributed by atoms with E-state index in [1.54, 1.807) is 6.20 Å². The van der Waals surface area contributed by atoms with Crippen molar-refractivity contribution in [3.05, 3.63) is 24.3 Å². The fraction of sp³-hybridized carbons (Fsp3) is 0.588. The molecule has 1 saturated carbocycles. The highest BCUT2D eigenvalue weighted by Gasteiger charge is 2.40. The van der Waals surface area contributed by atoms with Gasteiger partial charge in [0.05, 0.1) is 11.7 Å². The van der Waals surface area contributed by atoms with Crippen molar-refractivity contribution >= 4 is 27.0 Å². The van der Waals surface area contributed by atoms with Crippen LogP contribution in [0.2, 0.25) is 0 Å². The summed E-state index contributed by atoms with van der Waals surface area (Å²) in [5, 5.41) is 8.77. The van der Waals surface area contributed by atoms with Gasteiger partial charge in [-0.25, -0.2) is 4.98 Å². The molecule has 0 radical (unpaired) electrons. The van der Waals surface area contributed by atoms with E-state index in [4.69, 9.17) is 0 Å². The van der Waals surface area contributed by atoms with Crippen LogP contribution in [-0.2, 0) is 10.2 Å². The molecule has 0 spiro atoms. The van der Waals surface area contributed by atoms with E-state index < -0.39 is 10.2 Å². The molecule has 4 heterocycles. The highest BCUT2D eigenvalue weighted by Crippen LogP contribution is 2.41. The van der Waals surface area contributed by atoms with Crippen LogP contribution in [0.15, 0.2) is 18.5 Å². The fourth-order valence-corrected chi connectivity index (χ4v) is 5.94. The second kappa shape index (κ2) is 6.25. The maximum absolute atomic E-state index is 12.5. The van der Waals surface area contributed by atoms with Crippen molar-refractivity contribution in [2.45, 2.75) is 44.6 Å². The predicted molar refractivity (Wildman–Crippen MR) is 100 cm³/mol. The molecule has 1 saturated heterocycles. The average Bonchev–Trinajstić information content (AvgIpc) is 3.28. The molecule has 3 aromatic heterocycles. The molecule has 9 nitrogen and oxygen atoms in total. The zero-order valence-electron chi connectivity index (χ0n) is 15.2. The van der Waals surface area contributed by atoms with Gasteiger partial charge in [-0.15, -0.1) is 10.2 Å². The summed E-state index contributed by atoms with van der Waals surface area (Å²) in [6, 6.07) is 1.91. The molecular formula is C17H23N7O2S. The van der Waals surface area contributed by atoms with E-state index in [0.29, 0.717) is 19.0 Å². The highest BCUT2D eigenvalue weighted by molar-refractivity contribution is 7.87. The molecule has 3 aromatic rings. The molecule has 2 N–H and O–H groups in total. The average molecular weight is 389 g/mol. The summed E-state index contributed by atoms with van der Waals surface area (Å²) >= 11 is 0. The number of rotatable bonds is 5. The van der Waals surface area contributed by atoms with Gasteiger partial charge in [-0.2, -0.15) is 17.4 Å². The Labute approximate surface area is 157 Å². The number of aromatic nitrogens is 5. The molecular weight excluding hydrogens is 366 g/mol. The second-order valence-corrected chi connectivity index (χ2v) is 9.24. The Hall–Kier alpha value is -2.04. The maximum Gasteiger partial charge on any atom is 0.279 e. The van der Waals surface area contributed by atoms with Crippen molar-refractivity contribution in [1.82, 2.24) is 33.6 Å². The zero-order chi connectivity index (χ0) is 18.6. The molecule has 0 amide bonds. The third-order valence-corrected chi connectivity index (χ3v) is 7.66. The normalized spacial score (nSPS) is 26.8. The highest BCUT2D eigenvalue weighted by atomic mass is 32.2. The summed E-state index contributed by atoms with van der Waals surface area (Å²) in [7, 11) is -3.37. The van der Waals surface area contributed by atoms with Gasteiger partial charge < -0.3 is 4.98 Å². The number of nitrogens with one attached hydrogen (secondary N) is 2. The van der Waals surface area contributed by atoms with Crippen LogP contribution in [0.5, 0.6) is 0 Å². The summed E-state index contributed by atoms with van der Waals surface area (Å²) in [4.78, 5) is 7.50. The molecule has 0 bridgehead atoms. The first-order chi connectivity index (χ1) is 13.1. The largest absolute Gasteiger partial charge is 0.345 e. The molecule has 1 aliphatic carbocycles. The summed E-state index contributed by atoms with van der Waals surface area (Å²) in [5.74, 6) is 1.42. The third-order valence-electron chi connectivity index (χ3n) is 5.99. The van der Waals surface area contributed by atoms with E-state index >= 15 is 0 Å². The van der Waals surface area contributed by atoms with Gasteiger partial charge in [0, 0.05) is 31.2 Å². The SMILES string of the molecule is CC[C@@H]1C[C@H](NS(=O)(=O)N2CCC2)CC1c1nnc2cnc3[nH]ccc3n12. The van der Waals surface area contributed by atoms with Crippen LogP contribution in [0, 0.1) is 5.92 Å². The predicted octanol–water partition coefficient (Wildman–Crippen LogP) is 1.42. The molecule has 1 aliphatic heterocycles. The van der Waals surface area contributed by atoms with Crippen LogP contribution in [0.1, 0.15) is 44.3 Å². The monoisotopic (exact) mass is 389 g/mol. The number of nitrogens with zero attached hydrogens (tertiary/aromatic N) is 5. The quantitative estimate of drug-likeness (QED) is 0.686. The number of fused-ring (bicyclic) bond motifs is 3. The minimum absolute atomic E-state index is 0.0681. The lowest BCUT2D eigenvalue weighted by molar-refractivity contribution is 0.301. The van der Waals surface area contributed by atoms with Crippen LogP contribution in [0.3, 0.4) is 0 Å². The summed E-state index contributed by atoms with van der Waals surface area (Å²) in [5.41, 5.74) is 2.47. The smallest absolute Gasteiger partial charge is 0.279 e. The van der Waals surface area contributed by atoms with Gasteiger partial charge in [-0.1, -0.05) is 13.3 Å². The van der Waals surface area contributed by atoms with E-state index in [1.807, 2.05) is 12.3 Å². The topological polar surface area (TPSA) is 108 Å². The summed E-state index contributed by atoms with van der Waals surface area (Å²) < 4.78 is 31.4. The number of aromatic amines is 1. The lowest BCUT2D eigenvalue weighted by Crippen LogP contribution is -2.50. The Morgan fingerprint density at radius 1 is 1.30 bits per heavy atom. The molecule has 10 heteroatoms. The Bertz CT molecular complexity index is 1090. The lowest BCUT2D eigenvalue weighted by Gasteiger charge is -2.31. The van der Waals surface area contributed by atoms with Gasteiger partial charge >= 0.3 is 0 Å². The van der Waals surface area contributed by atoms with E-state index in [1.165, 1.54) is 4.31 Å².